The van der Waals surface area contributed by atoms with Gasteiger partial charge >= 0.3 is 11.2 Å². The highest BCUT2D eigenvalue weighted by molar-refractivity contribution is 7.19. The van der Waals surface area contributed by atoms with E-state index in [9.17, 15) is 14.9 Å². The van der Waals surface area contributed by atoms with E-state index in [2.05, 4.69) is 30.9 Å². The van der Waals surface area contributed by atoms with Crippen molar-refractivity contribution in [3.63, 3.8) is 0 Å². The van der Waals surface area contributed by atoms with Crippen LogP contribution >= 0.6 is 11.3 Å². The first-order valence-electron chi connectivity index (χ1n) is 7.13. The summed E-state index contributed by atoms with van der Waals surface area (Å²) in [5, 5.41) is 15.8. The zero-order valence-electron chi connectivity index (χ0n) is 13.3. The smallest absolute Gasteiger partial charge is 0.377 e. The van der Waals surface area contributed by atoms with E-state index in [4.69, 9.17) is 5.73 Å². The van der Waals surface area contributed by atoms with Crippen molar-refractivity contribution in [2.75, 3.05) is 5.73 Å². The molecule has 0 saturated carbocycles. The van der Waals surface area contributed by atoms with Gasteiger partial charge in [-0.1, -0.05) is 56.4 Å². The maximum atomic E-state index is 11.7. The van der Waals surface area contributed by atoms with E-state index in [1.807, 2.05) is 24.3 Å². The number of anilines is 1. The Bertz CT molecular complexity index is 999. The second-order valence-electron chi connectivity index (χ2n) is 6.34. The van der Waals surface area contributed by atoms with Gasteiger partial charge in [-0.2, -0.15) is 14.6 Å². The Hall–Kier alpha value is -2.81. The normalized spacial score (nSPS) is 11.8. The van der Waals surface area contributed by atoms with Crippen LogP contribution in [0.2, 0.25) is 0 Å². The maximum absolute atomic E-state index is 11.7. The van der Waals surface area contributed by atoms with Crippen molar-refractivity contribution in [2.45, 2.75) is 26.2 Å². The first-order valence-corrected chi connectivity index (χ1v) is 7.95. The Labute approximate surface area is 140 Å². The summed E-state index contributed by atoms with van der Waals surface area (Å²) in [6.07, 6.45) is 0. The first kappa shape index (κ1) is 16.1. The molecule has 2 N–H and O–H groups in total. The number of nitro groups is 1. The minimum Gasteiger partial charge on any atom is -0.378 e. The third-order valence-corrected chi connectivity index (χ3v) is 4.57. The fourth-order valence-corrected chi connectivity index (χ4v) is 3.17. The summed E-state index contributed by atoms with van der Waals surface area (Å²) in [5.74, 6) is -0.316. The average molecular weight is 345 g/mol. The minimum absolute atomic E-state index is 0.0327. The highest BCUT2D eigenvalue weighted by atomic mass is 32.1. The summed E-state index contributed by atoms with van der Waals surface area (Å²) in [6, 6.07) is 7.85. The average Bonchev–Trinajstić information content (AvgIpc) is 2.90. The molecule has 3 aromatic rings. The molecule has 8 nitrogen and oxygen atoms in total. The van der Waals surface area contributed by atoms with Crippen molar-refractivity contribution in [2.24, 2.45) is 0 Å². The van der Waals surface area contributed by atoms with Crippen molar-refractivity contribution in [3.8, 4) is 10.6 Å². The molecule has 3 rings (SSSR count). The number of rotatable bonds is 2. The molecule has 9 heteroatoms. The lowest BCUT2D eigenvalue weighted by atomic mass is 9.87. The molecule has 124 valence electrons. The molecule has 0 amide bonds. The number of hydrogen-bond acceptors (Lipinski definition) is 7. The zero-order chi connectivity index (χ0) is 17.6. The zero-order valence-corrected chi connectivity index (χ0v) is 14.1. The van der Waals surface area contributed by atoms with Crippen molar-refractivity contribution in [1.82, 2.24) is 14.6 Å². The number of nitrogens with zero attached hydrogens (tertiary/aromatic N) is 4. The van der Waals surface area contributed by atoms with Gasteiger partial charge in [-0.25, -0.2) is 0 Å². The lowest BCUT2D eigenvalue weighted by Gasteiger charge is -2.18. The van der Waals surface area contributed by atoms with Crippen LogP contribution < -0.4 is 11.3 Å². The van der Waals surface area contributed by atoms with Crippen LogP contribution in [0.25, 0.3) is 15.5 Å². The molecule has 2 aromatic heterocycles. The summed E-state index contributed by atoms with van der Waals surface area (Å²) in [7, 11) is 0. The molecular weight excluding hydrogens is 330 g/mol. The SMILES string of the molecule is CC(C)(C)c1ccc(-c2nn3c(N)c([N+](=O)[O-])c(=O)nc3s2)cc1. The Morgan fingerprint density at radius 2 is 1.88 bits per heavy atom. The summed E-state index contributed by atoms with van der Waals surface area (Å²) in [5.41, 5.74) is 6.04. The first-order chi connectivity index (χ1) is 11.2. The molecule has 0 spiro atoms. The molecule has 0 aliphatic carbocycles. The predicted molar refractivity (Wildman–Crippen MR) is 92.3 cm³/mol. The number of hydrogen-bond donors (Lipinski definition) is 1. The van der Waals surface area contributed by atoms with E-state index in [0.717, 1.165) is 21.4 Å². The Morgan fingerprint density at radius 3 is 2.42 bits per heavy atom. The number of nitrogen functional groups attached to an aromatic ring is 1. The number of aromatic nitrogens is 3. The van der Waals surface area contributed by atoms with Crippen LogP contribution in [0, 0.1) is 10.1 Å². The molecule has 0 bridgehead atoms. The third-order valence-electron chi connectivity index (χ3n) is 3.61. The van der Waals surface area contributed by atoms with Gasteiger partial charge < -0.3 is 5.73 Å². The summed E-state index contributed by atoms with van der Waals surface area (Å²) in [6.45, 7) is 6.36. The standard InChI is InChI=1S/C15H15N5O3S/c1-15(2,3)9-6-4-8(5-7-9)13-18-19-11(16)10(20(22)23)12(21)17-14(19)24-13/h4-7H,16H2,1-3H3. The fourth-order valence-electron chi connectivity index (χ4n) is 2.26. The third kappa shape index (κ3) is 2.62. The van der Waals surface area contributed by atoms with E-state index in [-0.39, 0.29) is 16.2 Å². The molecule has 0 atom stereocenters. The van der Waals surface area contributed by atoms with Gasteiger partial charge in [-0.15, -0.1) is 0 Å². The van der Waals surface area contributed by atoms with Crippen LogP contribution in [0.3, 0.4) is 0 Å². The lowest BCUT2D eigenvalue weighted by Crippen LogP contribution is -2.17. The Morgan fingerprint density at radius 1 is 1.25 bits per heavy atom. The minimum atomic E-state index is -0.962. The van der Waals surface area contributed by atoms with Crippen molar-refractivity contribution in [1.29, 1.82) is 0 Å². The van der Waals surface area contributed by atoms with Gasteiger partial charge in [0.15, 0.2) is 0 Å². The molecule has 2 heterocycles. The van der Waals surface area contributed by atoms with Gasteiger partial charge in [0.2, 0.25) is 10.8 Å². The van der Waals surface area contributed by atoms with Crippen LogP contribution in [-0.4, -0.2) is 19.5 Å². The molecule has 0 radical (unpaired) electrons. The van der Waals surface area contributed by atoms with Gasteiger partial charge in [0.1, 0.15) is 5.01 Å². The Balaban J connectivity index is 2.13. The lowest BCUT2D eigenvalue weighted by molar-refractivity contribution is -0.385. The van der Waals surface area contributed by atoms with E-state index < -0.39 is 16.2 Å². The van der Waals surface area contributed by atoms with Crippen LogP contribution in [-0.2, 0) is 5.41 Å². The highest BCUT2D eigenvalue weighted by Crippen LogP contribution is 2.30. The summed E-state index contributed by atoms with van der Waals surface area (Å²) in [4.78, 5) is 25.8. The molecule has 0 unspecified atom stereocenters. The monoisotopic (exact) mass is 345 g/mol. The molecule has 0 aliphatic rings. The maximum Gasteiger partial charge on any atom is 0.377 e. The second kappa shape index (κ2) is 5.38. The van der Waals surface area contributed by atoms with Gasteiger partial charge in [0.25, 0.3) is 0 Å². The predicted octanol–water partition coefficient (Wildman–Crippen LogP) is 2.61. The van der Waals surface area contributed by atoms with Gasteiger partial charge in [-0.3, -0.25) is 14.9 Å². The molecule has 0 aliphatic heterocycles. The summed E-state index contributed by atoms with van der Waals surface area (Å²) < 4.78 is 1.14. The van der Waals surface area contributed by atoms with Gasteiger partial charge in [0.05, 0.1) is 4.92 Å². The van der Waals surface area contributed by atoms with Crippen LogP contribution in [0.5, 0.6) is 0 Å². The van der Waals surface area contributed by atoms with Crippen molar-refractivity contribution >= 4 is 27.8 Å². The fraction of sp³-hybridized carbons (Fsp3) is 0.267. The van der Waals surface area contributed by atoms with Gasteiger partial charge in [0, 0.05) is 5.56 Å². The van der Waals surface area contributed by atoms with Crippen molar-refractivity contribution in [3.05, 3.63) is 50.3 Å². The molecule has 24 heavy (non-hydrogen) atoms. The van der Waals surface area contributed by atoms with Crippen molar-refractivity contribution < 1.29 is 4.92 Å². The second-order valence-corrected chi connectivity index (χ2v) is 7.29. The Kier molecular flexibility index (Phi) is 3.60. The number of nitrogens with two attached hydrogens (primary N) is 1. The number of fused-ring (bicyclic) bond motifs is 1. The largest absolute Gasteiger partial charge is 0.378 e. The molecule has 0 saturated heterocycles. The van der Waals surface area contributed by atoms with E-state index in [0.29, 0.717) is 5.01 Å². The van der Waals surface area contributed by atoms with Gasteiger partial charge in [-0.05, 0) is 11.0 Å². The van der Waals surface area contributed by atoms with E-state index in [1.54, 1.807) is 0 Å². The number of benzene rings is 1. The molecule has 1 aromatic carbocycles. The quantitative estimate of drug-likeness (QED) is 0.563. The summed E-state index contributed by atoms with van der Waals surface area (Å²) >= 11 is 1.15. The van der Waals surface area contributed by atoms with Crippen LogP contribution in [0.1, 0.15) is 26.3 Å². The van der Waals surface area contributed by atoms with E-state index in [1.165, 1.54) is 5.56 Å². The molecule has 0 fully saturated rings. The van der Waals surface area contributed by atoms with Crippen LogP contribution in [0.4, 0.5) is 11.5 Å². The molecular formula is C15H15N5O3S. The van der Waals surface area contributed by atoms with Crippen LogP contribution in [0.15, 0.2) is 29.1 Å². The topological polar surface area (TPSA) is 116 Å². The van der Waals surface area contributed by atoms with E-state index >= 15 is 0 Å². The highest BCUT2D eigenvalue weighted by Gasteiger charge is 2.24.